The van der Waals surface area contributed by atoms with E-state index in [9.17, 15) is 18.5 Å². The number of carbonyl (C=O) groups is 1. The second kappa shape index (κ2) is 10.8. The summed E-state index contributed by atoms with van der Waals surface area (Å²) < 4.78 is 31.2. The maximum Gasteiger partial charge on any atom is 0.319 e. The van der Waals surface area contributed by atoms with Crippen molar-refractivity contribution in [3.05, 3.63) is 69.9 Å². The van der Waals surface area contributed by atoms with Crippen LogP contribution in [0.15, 0.2) is 74.8 Å². The van der Waals surface area contributed by atoms with Crippen LogP contribution in [0, 0.1) is 11.5 Å². The third-order valence-electron chi connectivity index (χ3n) is 5.42. The fourth-order valence-electron chi connectivity index (χ4n) is 3.82. The molecule has 1 aliphatic heterocycles. The van der Waals surface area contributed by atoms with E-state index in [1.807, 2.05) is 6.07 Å². The molecule has 3 aromatic rings. The Morgan fingerprint density at radius 1 is 1.20 bits per heavy atom. The molecule has 2 unspecified atom stereocenters. The van der Waals surface area contributed by atoms with Crippen molar-refractivity contribution in [3.8, 4) is 11.9 Å². The number of hydrogen-bond donors (Lipinski definition) is 3. The summed E-state index contributed by atoms with van der Waals surface area (Å²) in [7, 11) is -3.82. The number of urea groups is 1. The molecule has 0 radical (unpaired) electrons. The van der Waals surface area contributed by atoms with Crippen LogP contribution in [0.25, 0.3) is 5.69 Å². The summed E-state index contributed by atoms with van der Waals surface area (Å²) >= 11 is 6.56. The topological polar surface area (TPSA) is 132 Å². The van der Waals surface area contributed by atoms with Crippen molar-refractivity contribution in [1.82, 2.24) is 24.7 Å². The molecule has 2 aromatic carbocycles. The van der Waals surface area contributed by atoms with Crippen molar-refractivity contribution < 1.29 is 13.2 Å². The molecule has 0 saturated carbocycles. The van der Waals surface area contributed by atoms with Crippen molar-refractivity contribution >= 4 is 53.6 Å². The van der Waals surface area contributed by atoms with Crippen LogP contribution in [-0.2, 0) is 10.0 Å². The van der Waals surface area contributed by atoms with Crippen LogP contribution in [0.3, 0.4) is 0 Å². The maximum atomic E-state index is 12.9. The van der Waals surface area contributed by atoms with Crippen molar-refractivity contribution in [1.29, 1.82) is 5.26 Å². The van der Waals surface area contributed by atoms with E-state index in [0.717, 1.165) is 5.69 Å². The average molecular weight is 623 g/mol. The van der Waals surface area contributed by atoms with Gasteiger partial charge in [-0.15, -0.1) is 0 Å². The number of hydrogen-bond acceptors (Lipinski definition) is 6. The first kappa shape index (κ1) is 25.2. The van der Waals surface area contributed by atoms with E-state index in [4.69, 9.17) is 0 Å². The van der Waals surface area contributed by atoms with Crippen LogP contribution < -0.4 is 15.4 Å². The van der Waals surface area contributed by atoms with Crippen LogP contribution >= 0.6 is 31.9 Å². The number of amides is 2. The lowest BCUT2D eigenvalue weighted by Gasteiger charge is -2.18. The van der Waals surface area contributed by atoms with Gasteiger partial charge in [-0.3, -0.25) is 0 Å². The molecule has 0 spiro atoms. The first-order chi connectivity index (χ1) is 16.7. The molecule has 0 bridgehead atoms. The van der Waals surface area contributed by atoms with Crippen LogP contribution in [0.5, 0.6) is 0 Å². The van der Waals surface area contributed by atoms with Gasteiger partial charge in [0.05, 0.1) is 16.6 Å². The lowest BCUT2D eigenvalue weighted by atomic mass is 10.2. The second-order valence-corrected chi connectivity index (χ2v) is 11.3. The summed E-state index contributed by atoms with van der Waals surface area (Å²) in [4.78, 5) is 14.0. The Bertz CT molecular complexity index is 1360. The van der Waals surface area contributed by atoms with Crippen molar-refractivity contribution in [3.63, 3.8) is 0 Å². The standard InChI is InChI=1S/C22H21Br2N7O3S/c23-15-5-6-20(24)21(9-15)35(33,34)29-17-11-19(30(13-17)14-25)12-26-22(32)28-16-3-1-4-18(10-16)31-8-2-7-27-31/h1-10,17,19,29H,11-13H2,(H2,26,28,32). The van der Waals surface area contributed by atoms with Crippen molar-refractivity contribution in [2.24, 2.45) is 0 Å². The Kier molecular flexibility index (Phi) is 7.75. The summed E-state index contributed by atoms with van der Waals surface area (Å²) in [5.74, 6) is 0. The van der Waals surface area contributed by atoms with E-state index in [0.29, 0.717) is 21.1 Å². The molecule has 2 atom stereocenters. The predicted octanol–water partition coefficient (Wildman–Crippen LogP) is 3.42. The smallest absolute Gasteiger partial charge is 0.319 e. The van der Waals surface area contributed by atoms with Gasteiger partial charge < -0.3 is 15.5 Å². The highest BCUT2D eigenvalue weighted by molar-refractivity contribution is 9.11. The highest BCUT2D eigenvalue weighted by Crippen LogP contribution is 2.27. The van der Waals surface area contributed by atoms with E-state index in [2.05, 4.69) is 58.5 Å². The zero-order chi connectivity index (χ0) is 25.0. The fraction of sp³-hybridized carbons (Fsp3) is 0.227. The quantitative estimate of drug-likeness (QED) is 0.346. The molecule has 182 valence electrons. The number of nitriles is 1. The van der Waals surface area contributed by atoms with E-state index in [-0.39, 0.29) is 24.0 Å². The molecule has 10 nitrogen and oxygen atoms in total. The van der Waals surface area contributed by atoms with Crippen LogP contribution in [0.2, 0.25) is 0 Å². The van der Waals surface area contributed by atoms with E-state index in [1.54, 1.807) is 53.5 Å². The van der Waals surface area contributed by atoms with Gasteiger partial charge >= 0.3 is 6.03 Å². The summed E-state index contributed by atoms with van der Waals surface area (Å²) in [5, 5.41) is 19.2. The predicted molar refractivity (Wildman–Crippen MR) is 137 cm³/mol. The molecule has 1 saturated heterocycles. The first-order valence-electron chi connectivity index (χ1n) is 10.5. The summed E-state index contributed by atoms with van der Waals surface area (Å²) in [6, 6.07) is 12.7. The first-order valence-corrected chi connectivity index (χ1v) is 13.6. The minimum absolute atomic E-state index is 0.105. The van der Waals surface area contributed by atoms with Gasteiger partial charge in [-0.05, 0) is 64.8 Å². The molecular formula is C22H21Br2N7O3S. The summed E-state index contributed by atoms with van der Waals surface area (Å²) in [5.41, 5.74) is 1.38. The number of aromatic nitrogens is 2. The molecule has 2 amide bonds. The lowest BCUT2D eigenvalue weighted by molar-refractivity contribution is 0.248. The zero-order valence-electron chi connectivity index (χ0n) is 18.2. The molecule has 1 aromatic heterocycles. The average Bonchev–Trinajstić information content (AvgIpc) is 3.49. The second-order valence-electron chi connectivity index (χ2n) is 7.87. The minimum atomic E-state index is -3.82. The number of rotatable bonds is 7. The SMILES string of the molecule is N#CN1CC(NS(=O)(=O)c2cc(Br)ccc2Br)CC1CNC(=O)Nc1cccc(-n2cccn2)c1. The Morgan fingerprint density at radius 3 is 2.77 bits per heavy atom. The van der Waals surface area contributed by atoms with Gasteiger partial charge in [-0.1, -0.05) is 22.0 Å². The molecule has 3 N–H and O–H groups in total. The molecule has 0 aliphatic carbocycles. The largest absolute Gasteiger partial charge is 0.336 e. The molecule has 2 heterocycles. The van der Waals surface area contributed by atoms with Gasteiger partial charge in [0.2, 0.25) is 10.0 Å². The Labute approximate surface area is 219 Å². The van der Waals surface area contributed by atoms with Gasteiger partial charge in [0.1, 0.15) is 0 Å². The van der Waals surface area contributed by atoms with Crippen molar-refractivity contribution in [2.75, 3.05) is 18.4 Å². The summed E-state index contributed by atoms with van der Waals surface area (Å²) in [6.07, 6.45) is 5.92. The van der Waals surface area contributed by atoms with Gasteiger partial charge in [0, 0.05) is 46.2 Å². The normalized spacial score (nSPS) is 17.7. The van der Waals surface area contributed by atoms with Crippen LogP contribution in [-0.4, -0.2) is 54.3 Å². The molecule has 4 rings (SSSR count). The lowest BCUT2D eigenvalue weighted by Crippen LogP contribution is -2.39. The number of benzene rings is 2. The number of anilines is 1. The van der Waals surface area contributed by atoms with Crippen LogP contribution in [0.4, 0.5) is 10.5 Å². The van der Waals surface area contributed by atoms with Gasteiger partial charge in [-0.25, -0.2) is 22.6 Å². The summed E-state index contributed by atoms with van der Waals surface area (Å²) in [6.45, 7) is 0.387. The third-order valence-corrected chi connectivity index (χ3v) is 8.43. The Balaban J connectivity index is 1.34. The number of carbonyl (C=O) groups excluding carboxylic acids is 1. The third kappa shape index (κ3) is 6.21. The van der Waals surface area contributed by atoms with E-state index >= 15 is 0 Å². The monoisotopic (exact) mass is 621 g/mol. The van der Waals surface area contributed by atoms with Gasteiger partial charge in [-0.2, -0.15) is 10.4 Å². The fourth-order valence-corrected chi connectivity index (χ4v) is 6.56. The van der Waals surface area contributed by atoms with Gasteiger partial charge in [0.15, 0.2) is 6.19 Å². The van der Waals surface area contributed by atoms with Crippen LogP contribution in [0.1, 0.15) is 6.42 Å². The number of nitrogens with one attached hydrogen (secondary N) is 3. The molecule has 1 fully saturated rings. The van der Waals surface area contributed by atoms with E-state index in [1.165, 1.54) is 11.0 Å². The van der Waals surface area contributed by atoms with Gasteiger partial charge in [0.25, 0.3) is 0 Å². The number of sulfonamides is 1. The number of halogens is 2. The Morgan fingerprint density at radius 2 is 2.03 bits per heavy atom. The van der Waals surface area contributed by atoms with E-state index < -0.39 is 22.1 Å². The minimum Gasteiger partial charge on any atom is -0.336 e. The maximum absolute atomic E-state index is 12.9. The highest BCUT2D eigenvalue weighted by Gasteiger charge is 2.35. The van der Waals surface area contributed by atoms with Crippen molar-refractivity contribution in [2.45, 2.75) is 23.4 Å². The zero-order valence-corrected chi connectivity index (χ0v) is 22.2. The Hall–Kier alpha value is -2.92. The number of likely N-dealkylation sites (tertiary alicyclic amines) is 1. The molecular weight excluding hydrogens is 602 g/mol. The molecule has 35 heavy (non-hydrogen) atoms. The highest BCUT2D eigenvalue weighted by atomic mass is 79.9. The molecule has 1 aliphatic rings. The molecule has 13 heteroatoms. The number of nitrogens with zero attached hydrogens (tertiary/aromatic N) is 4.